The number of hydrogen-bond donors (Lipinski definition) is 1. The fourth-order valence-corrected chi connectivity index (χ4v) is 6.25. The number of aromatic nitrogens is 3. The van der Waals surface area contributed by atoms with Gasteiger partial charge in [-0.05, 0) is 55.0 Å². The summed E-state index contributed by atoms with van der Waals surface area (Å²) in [5.74, 6) is 0.426. The summed E-state index contributed by atoms with van der Waals surface area (Å²) in [5, 5.41) is 18.4. The predicted octanol–water partition coefficient (Wildman–Crippen LogP) is 6.21. The molecule has 1 aliphatic rings. The first kappa shape index (κ1) is 27.3. The van der Waals surface area contributed by atoms with E-state index in [0.717, 1.165) is 55.4 Å². The first-order valence-corrected chi connectivity index (χ1v) is 14.1. The van der Waals surface area contributed by atoms with E-state index in [4.69, 9.17) is 25.8 Å². The fourth-order valence-electron chi connectivity index (χ4n) is 5.99. The largest absolute Gasteiger partial charge is 0.493 e. The second kappa shape index (κ2) is 11.2. The van der Waals surface area contributed by atoms with Crippen molar-refractivity contribution in [1.29, 1.82) is 0 Å². The maximum atomic E-state index is 13.1. The Labute approximate surface area is 243 Å². The molecule has 0 saturated heterocycles. The summed E-state index contributed by atoms with van der Waals surface area (Å²) < 4.78 is 21.1. The van der Waals surface area contributed by atoms with Crippen LogP contribution in [0.4, 0.5) is 0 Å². The Balaban J connectivity index is 1.39. The lowest BCUT2D eigenvalue weighted by Gasteiger charge is -2.17. The Kier molecular flexibility index (Phi) is 7.46. The molecule has 9 heteroatoms. The molecule has 0 radical (unpaired) electrons. The predicted molar refractivity (Wildman–Crippen MR) is 159 cm³/mol. The number of benzene rings is 3. The average molecular weight is 574 g/mol. The summed E-state index contributed by atoms with van der Waals surface area (Å²) >= 11 is 6.86. The van der Waals surface area contributed by atoms with Crippen LogP contribution in [-0.2, 0) is 35.8 Å². The number of aliphatic hydroxyl groups excluding tert-OH is 1. The summed E-state index contributed by atoms with van der Waals surface area (Å²) in [6.45, 7) is 6.24. The second-order valence-electron chi connectivity index (χ2n) is 10.3. The minimum Gasteiger partial charge on any atom is -0.493 e. The smallest absolute Gasteiger partial charge is 0.354 e. The van der Waals surface area contributed by atoms with Crippen molar-refractivity contribution in [2.45, 2.75) is 46.6 Å². The van der Waals surface area contributed by atoms with Gasteiger partial charge >= 0.3 is 5.97 Å². The average Bonchev–Trinajstić information content (AvgIpc) is 3.49. The highest BCUT2D eigenvalue weighted by molar-refractivity contribution is 6.35. The van der Waals surface area contributed by atoms with Gasteiger partial charge in [-0.1, -0.05) is 41.9 Å². The van der Waals surface area contributed by atoms with E-state index < -0.39 is 5.97 Å². The standard InChI is InChI=1S/C32H32ClN3O5/c1-19-15-21-7-4-5-8-22(21)27(16-19)41-13-6-11-35-25-10-9-23(33)29(28(25)20(2)31(35)32(38)39-3)30-24(17-37)34-36-12-14-40-18-26(30)36/h4-5,7-10,15-16,37H,6,11-14,17-18H2,1-3H3. The quantitative estimate of drug-likeness (QED) is 0.175. The van der Waals surface area contributed by atoms with Gasteiger partial charge in [0.1, 0.15) is 11.4 Å². The van der Waals surface area contributed by atoms with Crippen LogP contribution in [0.3, 0.4) is 0 Å². The molecule has 0 amide bonds. The number of rotatable bonds is 8. The first-order chi connectivity index (χ1) is 19.9. The number of aliphatic hydroxyl groups is 1. The van der Waals surface area contributed by atoms with Crippen LogP contribution in [0, 0.1) is 13.8 Å². The van der Waals surface area contributed by atoms with Gasteiger partial charge in [-0.3, -0.25) is 4.68 Å². The lowest BCUT2D eigenvalue weighted by Crippen LogP contribution is -2.17. The first-order valence-electron chi connectivity index (χ1n) is 13.7. The van der Waals surface area contributed by atoms with Gasteiger partial charge in [-0.25, -0.2) is 4.79 Å². The van der Waals surface area contributed by atoms with Gasteiger partial charge < -0.3 is 23.9 Å². The molecule has 1 N–H and O–H groups in total. The van der Waals surface area contributed by atoms with Crippen LogP contribution < -0.4 is 4.74 Å². The molecule has 8 nitrogen and oxygen atoms in total. The molecule has 0 fully saturated rings. The van der Waals surface area contributed by atoms with Crippen LogP contribution in [0.25, 0.3) is 32.8 Å². The number of hydrogen-bond acceptors (Lipinski definition) is 6. The molecule has 1 aliphatic heterocycles. The third-order valence-corrected chi connectivity index (χ3v) is 8.09. The number of esters is 1. The molecule has 0 spiro atoms. The summed E-state index contributed by atoms with van der Waals surface area (Å²) in [6.07, 6.45) is 0.659. The topological polar surface area (TPSA) is 87.7 Å². The summed E-state index contributed by atoms with van der Waals surface area (Å²) in [4.78, 5) is 13.1. The third-order valence-electron chi connectivity index (χ3n) is 7.77. The number of fused-ring (bicyclic) bond motifs is 3. The van der Waals surface area contributed by atoms with Gasteiger partial charge in [0.25, 0.3) is 0 Å². The van der Waals surface area contributed by atoms with Crippen molar-refractivity contribution < 1.29 is 24.1 Å². The lowest BCUT2D eigenvalue weighted by atomic mass is 9.96. The van der Waals surface area contributed by atoms with E-state index in [2.05, 4.69) is 36.3 Å². The Hall–Kier alpha value is -3.85. The number of nitrogens with zero attached hydrogens (tertiary/aromatic N) is 3. The van der Waals surface area contributed by atoms with Gasteiger partial charge in [0, 0.05) is 39.0 Å². The van der Waals surface area contributed by atoms with Crippen LogP contribution in [-0.4, -0.2) is 45.7 Å². The zero-order valence-electron chi connectivity index (χ0n) is 23.4. The lowest BCUT2D eigenvalue weighted by molar-refractivity contribution is 0.0587. The van der Waals surface area contributed by atoms with E-state index in [-0.39, 0.29) is 6.61 Å². The van der Waals surface area contributed by atoms with E-state index in [1.165, 1.54) is 7.11 Å². The van der Waals surface area contributed by atoms with Gasteiger partial charge in [-0.15, -0.1) is 0 Å². The number of carbonyl (C=O) groups excluding carboxylic acids is 1. The molecule has 5 aromatic rings. The second-order valence-corrected chi connectivity index (χ2v) is 10.7. The van der Waals surface area contributed by atoms with Gasteiger partial charge in [0.15, 0.2) is 0 Å². The highest BCUT2D eigenvalue weighted by atomic mass is 35.5. The van der Waals surface area contributed by atoms with E-state index in [1.807, 2.05) is 40.4 Å². The van der Waals surface area contributed by atoms with Gasteiger partial charge in [0.2, 0.25) is 0 Å². The fraction of sp³-hybridized carbons (Fsp3) is 0.312. The van der Waals surface area contributed by atoms with E-state index >= 15 is 0 Å². The number of halogens is 1. The summed E-state index contributed by atoms with van der Waals surface area (Å²) in [5.41, 5.74) is 6.11. The minimum absolute atomic E-state index is 0.239. The van der Waals surface area contributed by atoms with Gasteiger partial charge in [0.05, 0.1) is 51.5 Å². The zero-order chi connectivity index (χ0) is 28.7. The molecule has 0 bridgehead atoms. The van der Waals surface area contributed by atoms with Crippen molar-refractivity contribution in [1.82, 2.24) is 14.3 Å². The van der Waals surface area contributed by atoms with E-state index in [0.29, 0.717) is 55.7 Å². The molecule has 0 aliphatic carbocycles. The normalized spacial score (nSPS) is 13.1. The van der Waals surface area contributed by atoms with Crippen molar-refractivity contribution in [2.75, 3.05) is 20.3 Å². The molecule has 0 saturated carbocycles. The molecule has 6 rings (SSSR count). The molecule has 212 valence electrons. The molecule has 0 unspecified atom stereocenters. The van der Waals surface area contributed by atoms with Crippen LogP contribution in [0.15, 0.2) is 48.5 Å². The minimum atomic E-state index is -0.422. The van der Waals surface area contributed by atoms with E-state index in [9.17, 15) is 9.90 Å². The Bertz CT molecular complexity index is 1790. The monoisotopic (exact) mass is 573 g/mol. The van der Waals surface area contributed by atoms with E-state index in [1.54, 1.807) is 0 Å². The third kappa shape index (κ3) is 4.76. The van der Waals surface area contributed by atoms with Crippen LogP contribution in [0.5, 0.6) is 5.75 Å². The number of carbonyl (C=O) groups is 1. The maximum absolute atomic E-state index is 13.1. The van der Waals surface area contributed by atoms with Crippen molar-refractivity contribution in [3.05, 3.63) is 81.8 Å². The number of methoxy groups -OCH3 is 1. The van der Waals surface area contributed by atoms with Gasteiger partial charge in [-0.2, -0.15) is 5.10 Å². The molecule has 3 aromatic carbocycles. The Morgan fingerprint density at radius 3 is 2.78 bits per heavy atom. The molecule has 2 aromatic heterocycles. The molecule has 41 heavy (non-hydrogen) atoms. The van der Waals surface area contributed by atoms with Crippen LogP contribution in [0.2, 0.25) is 5.02 Å². The highest BCUT2D eigenvalue weighted by Crippen LogP contribution is 2.43. The highest BCUT2D eigenvalue weighted by Gasteiger charge is 2.29. The molecule has 3 heterocycles. The Morgan fingerprint density at radius 2 is 1.98 bits per heavy atom. The SMILES string of the molecule is COC(=O)c1c(C)c2c(-c3c(CO)nn4c3COCC4)c(Cl)ccc2n1CCCOc1cc(C)cc2ccccc12. The summed E-state index contributed by atoms with van der Waals surface area (Å²) in [7, 11) is 1.39. The number of aryl methyl sites for hydroxylation is 3. The summed E-state index contributed by atoms with van der Waals surface area (Å²) in [6, 6.07) is 16.2. The Morgan fingerprint density at radius 1 is 1.15 bits per heavy atom. The number of ether oxygens (including phenoxy) is 3. The molecular weight excluding hydrogens is 542 g/mol. The van der Waals surface area contributed by atoms with Crippen molar-refractivity contribution in [3.63, 3.8) is 0 Å². The van der Waals surface area contributed by atoms with Crippen LogP contribution in [0.1, 0.15) is 39.4 Å². The van der Waals surface area contributed by atoms with Crippen molar-refractivity contribution in [3.8, 4) is 16.9 Å². The van der Waals surface area contributed by atoms with Crippen LogP contribution >= 0.6 is 11.6 Å². The molecular formula is C32H32ClN3O5. The van der Waals surface area contributed by atoms with Crippen molar-refractivity contribution in [2.24, 2.45) is 0 Å². The molecule has 0 atom stereocenters. The zero-order valence-corrected chi connectivity index (χ0v) is 24.1. The van der Waals surface area contributed by atoms with Crippen molar-refractivity contribution >= 4 is 39.2 Å². The maximum Gasteiger partial charge on any atom is 0.354 e.